The van der Waals surface area contributed by atoms with E-state index in [1.165, 1.54) is 11.3 Å². The highest BCUT2D eigenvalue weighted by atomic mass is 32.1. The summed E-state index contributed by atoms with van der Waals surface area (Å²) in [6, 6.07) is 5.87. The predicted molar refractivity (Wildman–Crippen MR) is 64.2 cm³/mol. The molecular weight excluding hydrogens is 224 g/mol. The fourth-order valence-corrected chi connectivity index (χ4v) is 2.89. The standard InChI is InChI=1S/C12H12O3S/c1-7-4-3-5-8-9(6-15-2)11(12(13)14)16-10(7)8/h3-5H,6H2,1-2H3,(H,13,14). The maximum Gasteiger partial charge on any atom is 0.346 e. The molecule has 0 aliphatic carbocycles. The van der Waals surface area contributed by atoms with Gasteiger partial charge >= 0.3 is 5.97 Å². The van der Waals surface area contributed by atoms with Crippen LogP contribution in [-0.2, 0) is 11.3 Å². The Morgan fingerprint density at radius 3 is 2.88 bits per heavy atom. The van der Waals surface area contributed by atoms with Crippen LogP contribution in [0, 0.1) is 6.92 Å². The first-order chi connectivity index (χ1) is 7.65. The number of thiophene rings is 1. The molecule has 4 heteroatoms. The van der Waals surface area contributed by atoms with E-state index in [9.17, 15) is 4.79 Å². The lowest BCUT2D eigenvalue weighted by Crippen LogP contribution is -1.98. The molecule has 84 valence electrons. The predicted octanol–water partition coefficient (Wildman–Crippen LogP) is 3.05. The third kappa shape index (κ3) is 1.70. The van der Waals surface area contributed by atoms with E-state index >= 15 is 0 Å². The number of methoxy groups -OCH3 is 1. The zero-order valence-corrected chi connectivity index (χ0v) is 9.93. The van der Waals surface area contributed by atoms with Crippen molar-refractivity contribution in [1.82, 2.24) is 0 Å². The molecule has 0 saturated heterocycles. The minimum atomic E-state index is -0.882. The Kier molecular flexibility index (Phi) is 2.94. The molecular formula is C12H12O3S. The molecule has 0 unspecified atom stereocenters. The summed E-state index contributed by atoms with van der Waals surface area (Å²) in [5, 5.41) is 10.1. The van der Waals surface area contributed by atoms with Crippen molar-refractivity contribution < 1.29 is 14.6 Å². The molecule has 0 aliphatic heterocycles. The van der Waals surface area contributed by atoms with Crippen molar-refractivity contribution in [3.05, 3.63) is 34.2 Å². The van der Waals surface area contributed by atoms with Crippen LogP contribution in [0.1, 0.15) is 20.8 Å². The maximum atomic E-state index is 11.1. The van der Waals surface area contributed by atoms with E-state index in [0.29, 0.717) is 11.5 Å². The molecule has 2 aromatic rings. The first-order valence-electron chi connectivity index (χ1n) is 4.88. The Balaban J connectivity index is 2.75. The van der Waals surface area contributed by atoms with Gasteiger partial charge in [0.05, 0.1) is 6.61 Å². The van der Waals surface area contributed by atoms with Crippen LogP contribution >= 0.6 is 11.3 Å². The minimum absolute atomic E-state index is 0.338. The van der Waals surface area contributed by atoms with E-state index < -0.39 is 5.97 Å². The second-order valence-electron chi connectivity index (χ2n) is 3.60. The van der Waals surface area contributed by atoms with Crippen molar-refractivity contribution in [3.8, 4) is 0 Å². The zero-order valence-electron chi connectivity index (χ0n) is 9.11. The quantitative estimate of drug-likeness (QED) is 0.890. The van der Waals surface area contributed by atoms with Crippen molar-refractivity contribution >= 4 is 27.4 Å². The molecule has 1 aromatic heterocycles. The molecule has 1 N–H and O–H groups in total. The van der Waals surface area contributed by atoms with Gasteiger partial charge in [-0.05, 0) is 17.9 Å². The highest BCUT2D eigenvalue weighted by Crippen LogP contribution is 2.33. The normalized spacial score (nSPS) is 10.9. The molecule has 2 rings (SSSR count). The van der Waals surface area contributed by atoms with Gasteiger partial charge in [-0.15, -0.1) is 11.3 Å². The van der Waals surface area contributed by atoms with Crippen molar-refractivity contribution in [2.75, 3.05) is 7.11 Å². The van der Waals surface area contributed by atoms with Crippen LogP contribution in [0.3, 0.4) is 0 Å². The van der Waals surface area contributed by atoms with Gasteiger partial charge < -0.3 is 9.84 Å². The fourth-order valence-electron chi connectivity index (χ4n) is 1.77. The lowest BCUT2D eigenvalue weighted by molar-refractivity contribution is 0.0698. The molecule has 1 heterocycles. The molecule has 1 aromatic carbocycles. The van der Waals surface area contributed by atoms with Crippen LogP contribution in [0.15, 0.2) is 18.2 Å². The van der Waals surface area contributed by atoms with E-state index in [1.807, 2.05) is 25.1 Å². The summed E-state index contributed by atoms with van der Waals surface area (Å²) in [6.07, 6.45) is 0. The van der Waals surface area contributed by atoms with Gasteiger partial charge in [-0.2, -0.15) is 0 Å². The van der Waals surface area contributed by atoms with Gasteiger partial charge in [-0.3, -0.25) is 0 Å². The fraction of sp³-hybridized carbons (Fsp3) is 0.250. The number of fused-ring (bicyclic) bond motifs is 1. The van der Waals surface area contributed by atoms with Gasteiger partial charge in [0.25, 0.3) is 0 Å². The number of hydrogen-bond donors (Lipinski definition) is 1. The second-order valence-corrected chi connectivity index (χ2v) is 4.62. The van der Waals surface area contributed by atoms with Crippen molar-refractivity contribution in [1.29, 1.82) is 0 Å². The van der Waals surface area contributed by atoms with Crippen molar-refractivity contribution in [2.24, 2.45) is 0 Å². The van der Waals surface area contributed by atoms with Gasteiger partial charge in [0.15, 0.2) is 0 Å². The van der Waals surface area contributed by atoms with Crippen LogP contribution in [0.25, 0.3) is 10.1 Å². The summed E-state index contributed by atoms with van der Waals surface area (Å²) < 4.78 is 6.10. The number of carbonyl (C=O) groups is 1. The first kappa shape index (κ1) is 11.1. The Hall–Kier alpha value is -1.39. The molecule has 0 spiro atoms. The van der Waals surface area contributed by atoms with Crippen molar-refractivity contribution in [3.63, 3.8) is 0 Å². The molecule has 0 atom stereocenters. The first-order valence-corrected chi connectivity index (χ1v) is 5.70. The molecule has 0 aliphatic rings. The van der Waals surface area contributed by atoms with E-state index in [-0.39, 0.29) is 0 Å². The molecule has 3 nitrogen and oxygen atoms in total. The SMILES string of the molecule is COCc1c(C(=O)O)sc2c(C)cccc12. The number of ether oxygens (including phenoxy) is 1. The molecule has 0 radical (unpaired) electrons. The second kappa shape index (κ2) is 4.23. The van der Waals surface area contributed by atoms with E-state index in [1.54, 1.807) is 7.11 Å². The lowest BCUT2D eigenvalue weighted by Gasteiger charge is -2.00. The Bertz CT molecular complexity index is 542. The van der Waals surface area contributed by atoms with Gasteiger partial charge in [0.2, 0.25) is 0 Å². The Morgan fingerprint density at radius 2 is 2.25 bits per heavy atom. The third-order valence-electron chi connectivity index (χ3n) is 2.50. The molecule has 0 fully saturated rings. The maximum absolute atomic E-state index is 11.1. The highest BCUT2D eigenvalue weighted by Gasteiger charge is 2.17. The van der Waals surface area contributed by atoms with E-state index in [0.717, 1.165) is 21.2 Å². The van der Waals surface area contributed by atoms with Gasteiger partial charge in [-0.25, -0.2) is 4.79 Å². The van der Waals surface area contributed by atoms with E-state index in [4.69, 9.17) is 9.84 Å². The number of carboxylic acids is 1. The summed E-state index contributed by atoms with van der Waals surface area (Å²) in [7, 11) is 1.57. The summed E-state index contributed by atoms with van der Waals surface area (Å²) >= 11 is 1.32. The number of rotatable bonds is 3. The summed E-state index contributed by atoms with van der Waals surface area (Å²) in [5.74, 6) is -0.882. The number of carboxylic acid groups (broad SMARTS) is 1. The highest BCUT2D eigenvalue weighted by molar-refractivity contribution is 7.21. The zero-order chi connectivity index (χ0) is 11.7. The van der Waals surface area contributed by atoms with Crippen molar-refractivity contribution in [2.45, 2.75) is 13.5 Å². The van der Waals surface area contributed by atoms with Gasteiger partial charge in [0, 0.05) is 17.4 Å². The molecule has 16 heavy (non-hydrogen) atoms. The van der Waals surface area contributed by atoms with Crippen LogP contribution < -0.4 is 0 Å². The molecule has 0 saturated carbocycles. The molecule has 0 amide bonds. The average Bonchev–Trinajstić information content (AvgIpc) is 2.60. The number of aryl methyl sites for hydroxylation is 1. The largest absolute Gasteiger partial charge is 0.477 e. The average molecular weight is 236 g/mol. The topological polar surface area (TPSA) is 46.5 Å². The number of benzene rings is 1. The summed E-state index contributed by atoms with van der Waals surface area (Å²) in [5.41, 5.74) is 1.88. The van der Waals surface area contributed by atoms with Crippen LogP contribution in [-0.4, -0.2) is 18.2 Å². The lowest BCUT2D eigenvalue weighted by atomic mass is 10.1. The van der Waals surface area contributed by atoms with Crippen LogP contribution in [0.2, 0.25) is 0 Å². The summed E-state index contributed by atoms with van der Waals surface area (Å²) in [4.78, 5) is 11.5. The van der Waals surface area contributed by atoms with E-state index in [2.05, 4.69) is 0 Å². The Labute approximate surface area is 97.3 Å². The van der Waals surface area contributed by atoms with Gasteiger partial charge in [-0.1, -0.05) is 18.2 Å². The number of aromatic carboxylic acids is 1. The van der Waals surface area contributed by atoms with Gasteiger partial charge in [0.1, 0.15) is 4.88 Å². The minimum Gasteiger partial charge on any atom is -0.477 e. The van der Waals surface area contributed by atoms with Crippen LogP contribution in [0.5, 0.6) is 0 Å². The summed E-state index contributed by atoms with van der Waals surface area (Å²) in [6.45, 7) is 2.33. The number of hydrogen-bond acceptors (Lipinski definition) is 3. The van der Waals surface area contributed by atoms with Crippen LogP contribution in [0.4, 0.5) is 0 Å². The monoisotopic (exact) mass is 236 g/mol. The third-order valence-corrected chi connectivity index (χ3v) is 3.87. The smallest absolute Gasteiger partial charge is 0.346 e. The molecule has 0 bridgehead atoms. The Morgan fingerprint density at radius 1 is 1.50 bits per heavy atom.